The van der Waals surface area contributed by atoms with Gasteiger partial charge in [0.1, 0.15) is 0 Å². The fourth-order valence-electron chi connectivity index (χ4n) is 1.26. The van der Waals surface area contributed by atoms with Crippen LogP contribution >= 0.6 is 22.6 Å². The van der Waals surface area contributed by atoms with Gasteiger partial charge in [-0.1, -0.05) is 18.7 Å². The SMILES string of the molecule is C=C/C(I)=C1/C=CC(C(C)(C)C#N)=CN1N. The van der Waals surface area contributed by atoms with E-state index >= 15 is 0 Å². The average Bonchev–Trinajstić information content (AvgIpc) is 2.28. The van der Waals surface area contributed by atoms with E-state index in [0.717, 1.165) is 14.8 Å². The van der Waals surface area contributed by atoms with Crippen molar-refractivity contribution in [2.24, 2.45) is 11.3 Å². The molecule has 3 nitrogen and oxygen atoms in total. The maximum atomic E-state index is 9.04. The van der Waals surface area contributed by atoms with E-state index < -0.39 is 5.41 Å². The van der Waals surface area contributed by atoms with Gasteiger partial charge in [-0.25, -0.2) is 5.84 Å². The van der Waals surface area contributed by atoms with Crippen molar-refractivity contribution in [2.45, 2.75) is 13.8 Å². The molecule has 1 aliphatic rings. The fraction of sp³-hybridized carbons (Fsp3) is 0.250. The second kappa shape index (κ2) is 4.85. The molecule has 16 heavy (non-hydrogen) atoms. The highest BCUT2D eigenvalue weighted by Gasteiger charge is 2.24. The number of nitriles is 1. The average molecular weight is 327 g/mol. The van der Waals surface area contributed by atoms with Gasteiger partial charge in [0.25, 0.3) is 0 Å². The molecule has 0 aromatic rings. The summed E-state index contributed by atoms with van der Waals surface area (Å²) in [6.07, 6.45) is 7.34. The number of halogens is 1. The summed E-state index contributed by atoms with van der Waals surface area (Å²) in [7, 11) is 0. The molecule has 0 aromatic heterocycles. The summed E-state index contributed by atoms with van der Waals surface area (Å²) in [5.74, 6) is 5.88. The minimum absolute atomic E-state index is 0.529. The Morgan fingerprint density at radius 1 is 1.62 bits per heavy atom. The Labute approximate surface area is 110 Å². The molecule has 0 aromatic carbocycles. The van der Waals surface area contributed by atoms with Gasteiger partial charge in [-0.2, -0.15) is 5.26 Å². The Kier molecular flexibility index (Phi) is 3.94. The minimum atomic E-state index is -0.529. The second-order valence-corrected chi connectivity index (χ2v) is 5.16. The van der Waals surface area contributed by atoms with Gasteiger partial charge in [-0.05, 0) is 48.1 Å². The monoisotopic (exact) mass is 327 g/mol. The van der Waals surface area contributed by atoms with Gasteiger partial charge in [0.15, 0.2) is 0 Å². The van der Waals surface area contributed by atoms with Crippen LogP contribution in [-0.2, 0) is 0 Å². The summed E-state index contributed by atoms with van der Waals surface area (Å²) in [5.41, 5.74) is 1.25. The van der Waals surface area contributed by atoms with Crippen molar-refractivity contribution in [2.75, 3.05) is 0 Å². The number of hydrogen-bond donors (Lipinski definition) is 1. The molecule has 1 rings (SSSR count). The Balaban J connectivity index is 3.10. The van der Waals surface area contributed by atoms with Gasteiger partial charge in [0, 0.05) is 9.78 Å². The zero-order valence-corrected chi connectivity index (χ0v) is 11.5. The molecular weight excluding hydrogens is 313 g/mol. The zero-order valence-electron chi connectivity index (χ0n) is 9.37. The van der Waals surface area contributed by atoms with Crippen LogP contribution in [0.15, 0.2) is 45.9 Å². The lowest BCUT2D eigenvalue weighted by atomic mass is 9.85. The molecule has 84 valence electrons. The van der Waals surface area contributed by atoms with Gasteiger partial charge in [-0.15, -0.1) is 0 Å². The number of nitrogens with zero attached hydrogens (tertiary/aromatic N) is 2. The third-order valence-electron chi connectivity index (χ3n) is 2.40. The Morgan fingerprint density at radius 3 is 2.69 bits per heavy atom. The lowest BCUT2D eigenvalue weighted by Crippen LogP contribution is -2.28. The number of nitrogens with two attached hydrogens (primary N) is 1. The zero-order chi connectivity index (χ0) is 12.3. The van der Waals surface area contributed by atoms with Crippen molar-refractivity contribution in [1.29, 1.82) is 5.26 Å². The quantitative estimate of drug-likeness (QED) is 0.627. The van der Waals surface area contributed by atoms with E-state index in [-0.39, 0.29) is 0 Å². The van der Waals surface area contributed by atoms with E-state index in [1.807, 2.05) is 26.0 Å². The van der Waals surface area contributed by atoms with Gasteiger partial charge in [0.2, 0.25) is 0 Å². The molecule has 1 aliphatic heterocycles. The van der Waals surface area contributed by atoms with Crippen molar-refractivity contribution in [1.82, 2.24) is 5.01 Å². The molecule has 0 bridgehead atoms. The van der Waals surface area contributed by atoms with Crippen molar-refractivity contribution >= 4 is 22.6 Å². The second-order valence-electron chi connectivity index (χ2n) is 4.00. The van der Waals surface area contributed by atoms with Crippen LogP contribution < -0.4 is 5.84 Å². The fourth-order valence-corrected chi connectivity index (χ4v) is 1.72. The highest BCUT2D eigenvalue weighted by Crippen LogP contribution is 2.31. The predicted octanol–water partition coefficient (Wildman–Crippen LogP) is 3.00. The first-order chi connectivity index (χ1) is 7.42. The molecule has 0 aliphatic carbocycles. The normalized spacial score (nSPS) is 18.9. The highest BCUT2D eigenvalue weighted by atomic mass is 127. The molecule has 2 N–H and O–H groups in total. The van der Waals surface area contributed by atoms with Crippen LogP contribution in [0.1, 0.15) is 13.8 Å². The molecule has 0 unspecified atom stereocenters. The Morgan fingerprint density at radius 2 is 2.25 bits per heavy atom. The third-order valence-corrected chi connectivity index (χ3v) is 3.40. The molecule has 0 radical (unpaired) electrons. The van der Waals surface area contributed by atoms with E-state index in [9.17, 15) is 0 Å². The predicted molar refractivity (Wildman–Crippen MR) is 73.9 cm³/mol. The molecular formula is C12H14IN3. The molecule has 0 saturated carbocycles. The summed E-state index contributed by atoms with van der Waals surface area (Å²) in [6, 6.07) is 2.25. The summed E-state index contributed by atoms with van der Waals surface area (Å²) in [4.78, 5) is 0. The summed E-state index contributed by atoms with van der Waals surface area (Å²) in [6.45, 7) is 7.43. The molecule has 0 fully saturated rings. The van der Waals surface area contributed by atoms with Crippen LogP contribution in [0, 0.1) is 16.7 Å². The van der Waals surface area contributed by atoms with E-state index in [2.05, 4.69) is 35.2 Å². The molecule has 4 heteroatoms. The molecule has 0 spiro atoms. The Hall–Kier alpha value is -1.06. The van der Waals surface area contributed by atoms with E-state index in [1.165, 1.54) is 5.01 Å². The third kappa shape index (κ3) is 2.54. The number of hydrazine groups is 1. The van der Waals surface area contributed by atoms with Gasteiger partial charge < -0.3 is 0 Å². The largest absolute Gasteiger partial charge is 0.286 e. The first kappa shape index (κ1) is 13.0. The molecule has 1 heterocycles. The maximum absolute atomic E-state index is 9.04. The first-order valence-corrected chi connectivity index (χ1v) is 5.88. The maximum Gasteiger partial charge on any atom is 0.0780 e. The summed E-state index contributed by atoms with van der Waals surface area (Å²) < 4.78 is 0.974. The first-order valence-electron chi connectivity index (χ1n) is 4.80. The summed E-state index contributed by atoms with van der Waals surface area (Å²) in [5, 5.41) is 10.6. The lowest BCUT2D eigenvalue weighted by Gasteiger charge is -2.26. The minimum Gasteiger partial charge on any atom is -0.286 e. The van der Waals surface area contributed by atoms with Crippen LogP contribution in [0.5, 0.6) is 0 Å². The van der Waals surface area contributed by atoms with Crippen molar-refractivity contribution in [3.63, 3.8) is 0 Å². The number of rotatable bonds is 2. The number of allylic oxidation sites excluding steroid dienone is 5. The smallest absolute Gasteiger partial charge is 0.0780 e. The van der Waals surface area contributed by atoms with Crippen molar-refractivity contribution in [3.05, 3.63) is 45.9 Å². The van der Waals surface area contributed by atoms with Crippen LogP contribution in [0.3, 0.4) is 0 Å². The van der Waals surface area contributed by atoms with Crippen LogP contribution in [0.25, 0.3) is 0 Å². The van der Waals surface area contributed by atoms with Crippen molar-refractivity contribution in [3.8, 4) is 6.07 Å². The lowest BCUT2D eigenvalue weighted by molar-refractivity contribution is 0.478. The van der Waals surface area contributed by atoms with Crippen molar-refractivity contribution < 1.29 is 0 Å². The molecule has 0 atom stereocenters. The molecule has 0 saturated heterocycles. The summed E-state index contributed by atoms with van der Waals surface area (Å²) >= 11 is 2.17. The van der Waals surface area contributed by atoms with Gasteiger partial charge >= 0.3 is 0 Å². The topological polar surface area (TPSA) is 53.0 Å². The van der Waals surface area contributed by atoms with Crippen LogP contribution in [0.2, 0.25) is 0 Å². The molecule has 0 amide bonds. The van der Waals surface area contributed by atoms with E-state index in [4.69, 9.17) is 11.1 Å². The standard InChI is InChI=1S/C12H14IN3/c1-4-10(13)11-6-5-9(7-16(11)15)12(2,3)8-14/h4-7H,1,15H2,2-3H3/b11-10+. The van der Waals surface area contributed by atoms with Crippen LogP contribution in [-0.4, -0.2) is 5.01 Å². The Bertz CT molecular complexity index is 436. The van der Waals surface area contributed by atoms with Gasteiger partial charge in [-0.3, -0.25) is 5.01 Å². The van der Waals surface area contributed by atoms with E-state index in [0.29, 0.717) is 0 Å². The van der Waals surface area contributed by atoms with E-state index in [1.54, 1.807) is 12.3 Å². The number of hydrogen-bond acceptors (Lipinski definition) is 3. The van der Waals surface area contributed by atoms with Gasteiger partial charge in [0.05, 0.1) is 17.2 Å². The van der Waals surface area contributed by atoms with Crippen LogP contribution in [0.4, 0.5) is 0 Å². The highest BCUT2D eigenvalue weighted by molar-refractivity contribution is 14.1.